The fourth-order valence-corrected chi connectivity index (χ4v) is 3.22. The van der Waals surface area contributed by atoms with Crippen molar-refractivity contribution in [3.05, 3.63) is 58.6 Å². The number of sulfonamides is 1. The van der Waals surface area contributed by atoms with Crippen LogP contribution >= 0.6 is 0 Å². The third kappa shape index (κ3) is 6.04. The first-order valence-corrected chi connectivity index (χ1v) is 9.57. The second-order valence-corrected chi connectivity index (χ2v) is 7.17. The van der Waals surface area contributed by atoms with Crippen molar-refractivity contribution in [3.63, 3.8) is 0 Å². The predicted octanol–water partition coefficient (Wildman–Crippen LogP) is 2.30. The number of nitro benzene ring substituents is 1. The molecule has 0 aromatic heterocycles. The number of non-ortho nitro benzene ring substituents is 1. The molecule has 0 fully saturated rings. The van der Waals surface area contributed by atoms with E-state index in [2.05, 4.69) is 10.0 Å². The van der Waals surface area contributed by atoms with E-state index in [1.807, 2.05) is 6.92 Å². The van der Waals surface area contributed by atoms with Gasteiger partial charge < -0.3 is 10.1 Å². The van der Waals surface area contributed by atoms with Crippen molar-refractivity contribution >= 4 is 27.3 Å². The lowest BCUT2D eigenvalue weighted by atomic mass is 10.2. The Kier molecular flexibility index (Phi) is 6.85. The van der Waals surface area contributed by atoms with Crippen molar-refractivity contribution in [1.82, 2.24) is 4.72 Å². The smallest absolute Gasteiger partial charge is 0.271 e. The molecule has 10 heteroatoms. The summed E-state index contributed by atoms with van der Waals surface area (Å²) in [5, 5.41) is 13.2. The number of benzene rings is 2. The molecule has 0 unspecified atom stereocenters. The molecule has 0 heterocycles. The summed E-state index contributed by atoms with van der Waals surface area (Å²) in [4.78, 5) is 22.1. The number of nitro groups is 1. The van der Waals surface area contributed by atoms with Crippen molar-refractivity contribution in [2.24, 2.45) is 0 Å². The maximum atomic E-state index is 12.2. The molecule has 0 spiro atoms. The van der Waals surface area contributed by atoms with Crippen molar-refractivity contribution in [2.45, 2.75) is 18.2 Å². The lowest BCUT2D eigenvalue weighted by Crippen LogP contribution is -2.27. The maximum Gasteiger partial charge on any atom is 0.271 e. The highest BCUT2D eigenvalue weighted by atomic mass is 32.2. The summed E-state index contributed by atoms with van der Waals surface area (Å²) >= 11 is 0. The number of hydrogen-bond donors (Lipinski definition) is 2. The van der Waals surface area contributed by atoms with Gasteiger partial charge in [-0.05, 0) is 37.3 Å². The van der Waals surface area contributed by atoms with Crippen LogP contribution in [-0.2, 0) is 14.8 Å². The molecule has 27 heavy (non-hydrogen) atoms. The number of anilines is 1. The third-order valence-electron chi connectivity index (χ3n) is 3.43. The molecule has 0 aliphatic carbocycles. The minimum Gasteiger partial charge on any atom is -0.494 e. The van der Waals surface area contributed by atoms with E-state index in [1.54, 1.807) is 12.1 Å². The summed E-state index contributed by atoms with van der Waals surface area (Å²) in [7, 11) is -3.75. The summed E-state index contributed by atoms with van der Waals surface area (Å²) in [6.07, 6.45) is -0.126. The maximum absolute atomic E-state index is 12.2. The zero-order chi connectivity index (χ0) is 19.9. The van der Waals surface area contributed by atoms with E-state index in [1.165, 1.54) is 36.4 Å². The van der Waals surface area contributed by atoms with Gasteiger partial charge in [0.05, 0.1) is 16.4 Å². The molecule has 9 nitrogen and oxygen atoms in total. The van der Waals surface area contributed by atoms with Crippen LogP contribution in [0.3, 0.4) is 0 Å². The van der Waals surface area contributed by atoms with E-state index in [4.69, 9.17) is 4.74 Å². The van der Waals surface area contributed by atoms with Gasteiger partial charge in [-0.1, -0.05) is 6.07 Å². The summed E-state index contributed by atoms with van der Waals surface area (Å²) in [6.45, 7) is 2.19. The van der Waals surface area contributed by atoms with Crippen molar-refractivity contribution < 1.29 is 22.9 Å². The standard InChI is InChI=1S/C17H19N3O6S/c1-2-26-15-6-8-16(9-7-15)27(24,25)18-11-10-17(21)19-13-4-3-5-14(12-13)20(22)23/h3-9,12,18H,2,10-11H2,1H3,(H,19,21). The van der Waals surface area contributed by atoms with Gasteiger partial charge in [0.2, 0.25) is 15.9 Å². The van der Waals surface area contributed by atoms with Gasteiger partial charge in [-0.15, -0.1) is 0 Å². The molecule has 0 atom stereocenters. The summed E-state index contributed by atoms with van der Waals surface area (Å²) in [6, 6.07) is 11.4. The van der Waals surface area contributed by atoms with Gasteiger partial charge in [-0.3, -0.25) is 14.9 Å². The Bertz CT molecular complexity index is 913. The first-order chi connectivity index (χ1) is 12.8. The second kappa shape index (κ2) is 9.10. The minimum absolute atomic E-state index is 0.0602. The van der Waals surface area contributed by atoms with Gasteiger partial charge in [0.15, 0.2) is 0 Å². The molecule has 2 rings (SSSR count). The average Bonchev–Trinajstić information content (AvgIpc) is 2.62. The summed E-state index contributed by atoms with van der Waals surface area (Å²) < 4.78 is 32.0. The van der Waals surface area contributed by atoms with Crippen LogP contribution in [-0.4, -0.2) is 32.4 Å². The Morgan fingerprint density at radius 2 is 1.89 bits per heavy atom. The van der Waals surface area contributed by atoms with Gasteiger partial charge in [0.25, 0.3) is 5.69 Å². The number of rotatable bonds is 9. The lowest BCUT2D eigenvalue weighted by molar-refractivity contribution is -0.384. The van der Waals surface area contributed by atoms with Gasteiger partial charge >= 0.3 is 0 Å². The first kappa shape index (κ1) is 20.3. The van der Waals surface area contributed by atoms with E-state index in [9.17, 15) is 23.3 Å². The molecule has 1 amide bonds. The lowest BCUT2D eigenvalue weighted by Gasteiger charge is -2.08. The second-order valence-electron chi connectivity index (χ2n) is 5.41. The van der Waals surface area contributed by atoms with Crippen molar-refractivity contribution in [2.75, 3.05) is 18.5 Å². The number of nitrogens with one attached hydrogen (secondary N) is 2. The fourth-order valence-electron chi connectivity index (χ4n) is 2.18. The quantitative estimate of drug-likeness (QED) is 0.497. The summed E-state index contributed by atoms with van der Waals surface area (Å²) in [5.41, 5.74) is 0.118. The highest BCUT2D eigenvalue weighted by molar-refractivity contribution is 7.89. The Balaban J connectivity index is 1.88. The molecule has 0 bridgehead atoms. The van der Waals surface area contributed by atoms with E-state index in [0.717, 1.165) is 0 Å². The van der Waals surface area contributed by atoms with Gasteiger partial charge in [0.1, 0.15) is 5.75 Å². The SMILES string of the molecule is CCOc1ccc(S(=O)(=O)NCCC(=O)Nc2cccc([N+](=O)[O-])c2)cc1. The summed E-state index contributed by atoms with van der Waals surface area (Å²) in [5.74, 6) is 0.0951. The molecule has 0 saturated carbocycles. The van der Waals surface area contributed by atoms with Crippen molar-refractivity contribution in [1.29, 1.82) is 0 Å². The van der Waals surface area contributed by atoms with Crippen LogP contribution in [0.5, 0.6) is 5.75 Å². The zero-order valence-corrected chi connectivity index (χ0v) is 15.4. The molecule has 0 aliphatic rings. The van der Waals surface area contributed by atoms with Crippen LogP contribution in [0.15, 0.2) is 53.4 Å². The van der Waals surface area contributed by atoms with E-state index in [-0.39, 0.29) is 29.2 Å². The van der Waals surface area contributed by atoms with Crippen LogP contribution in [0.4, 0.5) is 11.4 Å². The van der Waals surface area contributed by atoms with Crippen LogP contribution < -0.4 is 14.8 Å². The molecule has 2 N–H and O–H groups in total. The monoisotopic (exact) mass is 393 g/mol. The molecule has 0 radical (unpaired) electrons. The highest BCUT2D eigenvalue weighted by Crippen LogP contribution is 2.17. The Morgan fingerprint density at radius 3 is 2.52 bits per heavy atom. The van der Waals surface area contributed by atoms with Gasteiger partial charge in [-0.2, -0.15) is 0 Å². The molecule has 144 valence electrons. The van der Waals surface area contributed by atoms with Crippen LogP contribution in [0.2, 0.25) is 0 Å². The molecular formula is C17H19N3O6S. The molecule has 0 aliphatic heterocycles. The van der Waals surface area contributed by atoms with Crippen LogP contribution in [0, 0.1) is 10.1 Å². The topological polar surface area (TPSA) is 128 Å². The number of ether oxygens (including phenoxy) is 1. The fraction of sp³-hybridized carbons (Fsp3) is 0.235. The van der Waals surface area contributed by atoms with Gasteiger partial charge in [-0.25, -0.2) is 13.1 Å². The minimum atomic E-state index is -3.75. The predicted molar refractivity (Wildman–Crippen MR) is 99.1 cm³/mol. The number of carbonyl (C=O) groups is 1. The van der Waals surface area contributed by atoms with E-state index < -0.39 is 20.9 Å². The number of hydrogen-bond acceptors (Lipinski definition) is 6. The number of nitrogens with zero attached hydrogens (tertiary/aromatic N) is 1. The number of carbonyl (C=O) groups excluding carboxylic acids is 1. The first-order valence-electron chi connectivity index (χ1n) is 8.08. The average molecular weight is 393 g/mol. The Morgan fingerprint density at radius 1 is 1.19 bits per heavy atom. The molecule has 2 aromatic rings. The molecular weight excluding hydrogens is 374 g/mol. The van der Waals surface area contributed by atoms with Crippen LogP contribution in [0.1, 0.15) is 13.3 Å². The highest BCUT2D eigenvalue weighted by Gasteiger charge is 2.15. The molecule has 2 aromatic carbocycles. The largest absolute Gasteiger partial charge is 0.494 e. The van der Waals surface area contributed by atoms with Gasteiger partial charge in [0, 0.05) is 30.8 Å². The normalized spacial score (nSPS) is 11.0. The Hall–Kier alpha value is -2.98. The van der Waals surface area contributed by atoms with Crippen molar-refractivity contribution in [3.8, 4) is 5.75 Å². The third-order valence-corrected chi connectivity index (χ3v) is 4.91. The molecule has 0 saturated heterocycles. The van der Waals surface area contributed by atoms with E-state index in [0.29, 0.717) is 12.4 Å². The Labute approximate surface area is 156 Å². The van der Waals surface area contributed by atoms with E-state index >= 15 is 0 Å². The van der Waals surface area contributed by atoms with Crippen LogP contribution in [0.25, 0.3) is 0 Å². The number of amides is 1. The zero-order valence-electron chi connectivity index (χ0n) is 14.5.